The second-order valence-electron chi connectivity index (χ2n) is 5.04. The average molecular weight is 248 g/mol. The number of likely N-dealkylation sites (N-methyl/N-ethyl adjacent to an activating group) is 1. The van der Waals surface area contributed by atoms with Crippen molar-refractivity contribution >= 4 is 5.69 Å². The Balaban J connectivity index is 2.03. The highest BCUT2D eigenvalue weighted by atomic mass is 16.5. The first kappa shape index (κ1) is 13.4. The molecule has 0 saturated heterocycles. The van der Waals surface area contributed by atoms with Crippen LogP contribution in [0.5, 0.6) is 0 Å². The van der Waals surface area contributed by atoms with Crippen molar-refractivity contribution in [2.24, 2.45) is 0 Å². The summed E-state index contributed by atoms with van der Waals surface area (Å²) in [6, 6.07) is 7.26. The lowest BCUT2D eigenvalue weighted by atomic mass is 10.1. The minimum absolute atomic E-state index is 0.464. The monoisotopic (exact) mass is 248 g/mol. The molecule has 3 heteroatoms. The molecule has 1 N–H and O–H groups in total. The Morgan fingerprint density at radius 2 is 2.28 bits per heavy atom. The van der Waals surface area contributed by atoms with Gasteiger partial charge in [0, 0.05) is 31.9 Å². The van der Waals surface area contributed by atoms with Crippen molar-refractivity contribution in [3.63, 3.8) is 0 Å². The van der Waals surface area contributed by atoms with Gasteiger partial charge in [-0.2, -0.15) is 0 Å². The summed E-state index contributed by atoms with van der Waals surface area (Å²) < 4.78 is 5.25. The lowest BCUT2D eigenvalue weighted by molar-refractivity contribution is 0.0982. The SMILES string of the molecule is CCN(Cc1ccc2c(c1)CCN2)C(C)COC. The molecule has 100 valence electrons. The molecule has 0 radical (unpaired) electrons. The zero-order valence-electron chi connectivity index (χ0n) is 11.7. The van der Waals surface area contributed by atoms with E-state index < -0.39 is 0 Å². The number of hydrogen-bond donors (Lipinski definition) is 1. The van der Waals surface area contributed by atoms with Gasteiger partial charge >= 0.3 is 0 Å². The van der Waals surface area contributed by atoms with E-state index in [4.69, 9.17) is 4.74 Å². The van der Waals surface area contributed by atoms with Crippen molar-refractivity contribution in [1.82, 2.24) is 4.90 Å². The summed E-state index contributed by atoms with van der Waals surface area (Å²) >= 11 is 0. The number of rotatable bonds is 6. The summed E-state index contributed by atoms with van der Waals surface area (Å²) in [4.78, 5) is 2.45. The van der Waals surface area contributed by atoms with Crippen LogP contribution in [0.25, 0.3) is 0 Å². The highest BCUT2D eigenvalue weighted by Gasteiger charge is 2.14. The molecule has 1 aromatic rings. The van der Waals surface area contributed by atoms with Crippen molar-refractivity contribution in [2.45, 2.75) is 32.9 Å². The normalized spacial score (nSPS) is 15.6. The molecule has 1 heterocycles. The van der Waals surface area contributed by atoms with Crippen LogP contribution in [-0.2, 0) is 17.7 Å². The molecule has 0 aliphatic carbocycles. The summed E-state index contributed by atoms with van der Waals surface area (Å²) in [6.45, 7) is 8.37. The molecule has 1 aromatic carbocycles. The Kier molecular flexibility index (Phi) is 4.61. The van der Waals surface area contributed by atoms with E-state index in [1.807, 2.05) is 0 Å². The van der Waals surface area contributed by atoms with E-state index in [0.29, 0.717) is 6.04 Å². The number of nitrogens with zero attached hydrogens (tertiary/aromatic N) is 1. The zero-order valence-corrected chi connectivity index (χ0v) is 11.7. The van der Waals surface area contributed by atoms with Gasteiger partial charge in [-0.3, -0.25) is 4.90 Å². The van der Waals surface area contributed by atoms with Crippen LogP contribution in [0, 0.1) is 0 Å². The number of anilines is 1. The van der Waals surface area contributed by atoms with Crippen LogP contribution in [0.3, 0.4) is 0 Å². The molecule has 0 amide bonds. The number of methoxy groups -OCH3 is 1. The minimum atomic E-state index is 0.464. The van der Waals surface area contributed by atoms with Gasteiger partial charge in [0.05, 0.1) is 6.61 Å². The number of nitrogens with one attached hydrogen (secondary N) is 1. The van der Waals surface area contributed by atoms with Gasteiger partial charge in [-0.15, -0.1) is 0 Å². The Hall–Kier alpha value is -1.06. The molecule has 18 heavy (non-hydrogen) atoms. The van der Waals surface area contributed by atoms with Crippen LogP contribution in [-0.4, -0.2) is 37.7 Å². The third-order valence-electron chi connectivity index (χ3n) is 3.70. The molecular weight excluding hydrogens is 224 g/mol. The van der Waals surface area contributed by atoms with Gasteiger partial charge in [0.2, 0.25) is 0 Å². The van der Waals surface area contributed by atoms with Gasteiger partial charge in [-0.05, 0) is 37.1 Å². The summed E-state index contributed by atoms with van der Waals surface area (Å²) in [7, 11) is 1.77. The Morgan fingerprint density at radius 1 is 1.44 bits per heavy atom. The number of benzene rings is 1. The number of fused-ring (bicyclic) bond motifs is 1. The fourth-order valence-corrected chi connectivity index (χ4v) is 2.62. The molecule has 0 fully saturated rings. The minimum Gasteiger partial charge on any atom is -0.384 e. The molecule has 1 aliphatic heterocycles. The molecule has 0 aromatic heterocycles. The first-order chi connectivity index (χ1) is 8.74. The number of hydrogen-bond acceptors (Lipinski definition) is 3. The third kappa shape index (κ3) is 3.03. The van der Waals surface area contributed by atoms with Gasteiger partial charge in [-0.1, -0.05) is 19.1 Å². The quantitative estimate of drug-likeness (QED) is 0.837. The molecule has 0 bridgehead atoms. The number of ether oxygens (including phenoxy) is 1. The van der Waals surface area contributed by atoms with Crippen molar-refractivity contribution in [3.05, 3.63) is 29.3 Å². The molecule has 0 saturated carbocycles. The fraction of sp³-hybridized carbons (Fsp3) is 0.600. The Morgan fingerprint density at radius 3 is 3.00 bits per heavy atom. The van der Waals surface area contributed by atoms with E-state index in [2.05, 4.69) is 42.3 Å². The fourth-order valence-electron chi connectivity index (χ4n) is 2.62. The van der Waals surface area contributed by atoms with E-state index in [0.717, 1.165) is 32.7 Å². The molecule has 1 unspecified atom stereocenters. The third-order valence-corrected chi connectivity index (χ3v) is 3.70. The highest BCUT2D eigenvalue weighted by molar-refractivity contribution is 5.56. The Labute approximate surface area is 110 Å². The van der Waals surface area contributed by atoms with Gasteiger partial charge in [0.15, 0.2) is 0 Å². The van der Waals surface area contributed by atoms with E-state index >= 15 is 0 Å². The lowest BCUT2D eigenvalue weighted by Gasteiger charge is -2.27. The maximum Gasteiger partial charge on any atom is 0.0615 e. The van der Waals surface area contributed by atoms with E-state index in [1.54, 1.807) is 7.11 Å². The molecule has 0 spiro atoms. The first-order valence-electron chi connectivity index (χ1n) is 6.83. The predicted octanol–water partition coefficient (Wildman–Crippen LogP) is 2.51. The van der Waals surface area contributed by atoms with Crippen molar-refractivity contribution in [2.75, 3.05) is 32.1 Å². The predicted molar refractivity (Wildman–Crippen MR) is 76.1 cm³/mol. The van der Waals surface area contributed by atoms with Gasteiger partial charge in [-0.25, -0.2) is 0 Å². The second-order valence-corrected chi connectivity index (χ2v) is 5.04. The van der Waals surface area contributed by atoms with Crippen LogP contribution < -0.4 is 5.32 Å². The average Bonchev–Trinajstić information content (AvgIpc) is 2.83. The summed E-state index contributed by atoms with van der Waals surface area (Å²) in [5.74, 6) is 0. The maximum absolute atomic E-state index is 5.25. The van der Waals surface area contributed by atoms with Gasteiger partial charge in [0.1, 0.15) is 0 Å². The van der Waals surface area contributed by atoms with E-state index in [-0.39, 0.29) is 0 Å². The van der Waals surface area contributed by atoms with Crippen LogP contribution in [0.1, 0.15) is 25.0 Å². The van der Waals surface area contributed by atoms with Crippen molar-refractivity contribution in [3.8, 4) is 0 Å². The van der Waals surface area contributed by atoms with E-state index in [1.165, 1.54) is 16.8 Å². The molecular formula is C15H24N2O. The molecule has 1 atom stereocenters. The summed E-state index contributed by atoms with van der Waals surface area (Å²) in [5.41, 5.74) is 4.18. The molecule has 2 rings (SSSR count). The molecule has 1 aliphatic rings. The highest BCUT2D eigenvalue weighted by Crippen LogP contribution is 2.23. The van der Waals surface area contributed by atoms with Crippen LogP contribution in [0.15, 0.2) is 18.2 Å². The summed E-state index contributed by atoms with van der Waals surface area (Å²) in [5, 5.41) is 3.40. The van der Waals surface area contributed by atoms with Crippen molar-refractivity contribution < 1.29 is 4.74 Å². The topological polar surface area (TPSA) is 24.5 Å². The van der Waals surface area contributed by atoms with Crippen molar-refractivity contribution in [1.29, 1.82) is 0 Å². The lowest BCUT2D eigenvalue weighted by Crippen LogP contribution is -2.35. The largest absolute Gasteiger partial charge is 0.384 e. The smallest absolute Gasteiger partial charge is 0.0615 e. The molecule has 3 nitrogen and oxygen atoms in total. The van der Waals surface area contributed by atoms with Gasteiger partial charge < -0.3 is 10.1 Å². The van der Waals surface area contributed by atoms with Crippen LogP contribution in [0.4, 0.5) is 5.69 Å². The van der Waals surface area contributed by atoms with E-state index in [9.17, 15) is 0 Å². The maximum atomic E-state index is 5.25. The second kappa shape index (κ2) is 6.21. The Bertz CT molecular complexity index is 392. The van der Waals surface area contributed by atoms with Gasteiger partial charge in [0.25, 0.3) is 0 Å². The summed E-state index contributed by atoms with van der Waals surface area (Å²) in [6.07, 6.45) is 1.16. The zero-order chi connectivity index (χ0) is 13.0. The van der Waals surface area contributed by atoms with Crippen LogP contribution >= 0.6 is 0 Å². The standard InChI is InChI=1S/C15H24N2O/c1-4-17(12(2)11-18-3)10-13-5-6-15-14(9-13)7-8-16-15/h5-6,9,12,16H,4,7-8,10-11H2,1-3H3. The van der Waals surface area contributed by atoms with Crippen LogP contribution in [0.2, 0.25) is 0 Å². The first-order valence-corrected chi connectivity index (χ1v) is 6.83.